The standard InChI is InChI=1S/C32H30ClF2N5O2S/c1-6-22(41)38-13-18(5)39-19(14-38)15-43-30-24-29(26(35)23(25(30)33)20-9-7-8-10-21(20)34)40(32(42)37-31(24)39)28-17(4)11-12-36-27(28)16(2)3/h6-12,16,18-19H,1,13-15H2,2-5H3. The Morgan fingerprint density at radius 3 is 2.65 bits per heavy atom. The van der Waals surface area contributed by atoms with E-state index >= 15 is 8.78 Å². The van der Waals surface area contributed by atoms with Gasteiger partial charge in [0.2, 0.25) is 5.91 Å². The Labute approximate surface area is 257 Å². The van der Waals surface area contributed by atoms with Gasteiger partial charge in [-0.1, -0.05) is 50.2 Å². The number of carbonyl (C=O) groups excluding carboxylic acids is 1. The van der Waals surface area contributed by atoms with Gasteiger partial charge in [0.05, 0.1) is 33.3 Å². The van der Waals surface area contributed by atoms with Gasteiger partial charge in [0.25, 0.3) is 0 Å². The van der Waals surface area contributed by atoms with Crippen molar-refractivity contribution in [2.45, 2.75) is 50.6 Å². The normalized spacial score (nSPS) is 18.1. The highest BCUT2D eigenvalue weighted by Gasteiger charge is 2.40. The van der Waals surface area contributed by atoms with Crippen molar-refractivity contribution in [3.63, 3.8) is 0 Å². The number of thioether (sulfide) groups is 1. The molecule has 2 aromatic heterocycles. The summed E-state index contributed by atoms with van der Waals surface area (Å²) in [7, 11) is 0. The number of hydrogen-bond acceptors (Lipinski definition) is 6. The van der Waals surface area contributed by atoms with Gasteiger partial charge < -0.3 is 9.80 Å². The van der Waals surface area contributed by atoms with Crippen molar-refractivity contribution in [3.05, 3.63) is 87.6 Å². The number of aromatic nitrogens is 3. The summed E-state index contributed by atoms with van der Waals surface area (Å²) >= 11 is 8.40. The van der Waals surface area contributed by atoms with Crippen LogP contribution in [0.15, 0.2) is 58.9 Å². The fourth-order valence-electron chi connectivity index (χ4n) is 6.27. The molecule has 222 valence electrons. The monoisotopic (exact) mass is 621 g/mol. The third-order valence-corrected chi connectivity index (χ3v) is 9.89. The second kappa shape index (κ2) is 11.1. The average molecular weight is 622 g/mol. The van der Waals surface area contributed by atoms with Gasteiger partial charge in [0.1, 0.15) is 11.6 Å². The first-order valence-corrected chi connectivity index (χ1v) is 15.4. The van der Waals surface area contributed by atoms with Crippen LogP contribution < -0.4 is 10.6 Å². The molecule has 2 aliphatic heterocycles. The number of rotatable bonds is 4. The van der Waals surface area contributed by atoms with Crippen molar-refractivity contribution in [2.75, 3.05) is 23.7 Å². The molecule has 0 radical (unpaired) electrons. The van der Waals surface area contributed by atoms with E-state index in [0.29, 0.717) is 51.9 Å². The van der Waals surface area contributed by atoms with Crippen molar-refractivity contribution >= 4 is 46.0 Å². The molecule has 2 unspecified atom stereocenters. The van der Waals surface area contributed by atoms with Crippen LogP contribution in [0.4, 0.5) is 14.6 Å². The maximum Gasteiger partial charge on any atom is 0.354 e. The van der Waals surface area contributed by atoms with E-state index in [0.717, 1.165) is 0 Å². The molecule has 11 heteroatoms. The van der Waals surface area contributed by atoms with Crippen molar-refractivity contribution in [1.29, 1.82) is 0 Å². The molecular formula is C32H30ClF2N5O2S. The SMILES string of the molecule is C=CC(=O)N1CC(C)N2c3nc(=O)n(-c4c(C)ccnc4C(C)C)c4c(F)c(-c5ccccc5F)c(Cl)c(c34)SCC2C1. The van der Waals surface area contributed by atoms with E-state index in [1.54, 1.807) is 23.2 Å². The lowest BCUT2D eigenvalue weighted by atomic mass is 9.99. The summed E-state index contributed by atoms with van der Waals surface area (Å²) in [5.41, 5.74) is 0.908. The van der Waals surface area contributed by atoms with Gasteiger partial charge in [-0.25, -0.2) is 13.6 Å². The molecule has 2 aliphatic rings. The Hall–Kier alpha value is -3.76. The molecule has 0 bridgehead atoms. The summed E-state index contributed by atoms with van der Waals surface area (Å²) < 4.78 is 33.8. The summed E-state index contributed by atoms with van der Waals surface area (Å²) in [4.78, 5) is 40.2. The van der Waals surface area contributed by atoms with Gasteiger partial charge in [0.15, 0.2) is 5.82 Å². The van der Waals surface area contributed by atoms with Crippen LogP contribution in [0.3, 0.4) is 0 Å². The van der Waals surface area contributed by atoms with E-state index in [1.807, 2.05) is 32.6 Å². The third kappa shape index (κ3) is 4.62. The van der Waals surface area contributed by atoms with Gasteiger partial charge in [0, 0.05) is 47.1 Å². The number of aryl methyl sites for hydroxylation is 1. The van der Waals surface area contributed by atoms with Gasteiger partial charge in [-0.3, -0.25) is 14.3 Å². The maximum absolute atomic E-state index is 17.2. The molecule has 0 spiro atoms. The highest BCUT2D eigenvalue weighted by molar-refractivity contribution is 7.99. The lowest BCUT2D eigenvalue weighted by molar-refractivity contribution is -0.127. The zero-order valence-electron chi connectivity index (χ0n) is 24.2. The van der Waals surface area contributed by atoms with Crippen LogP contribution in [0.2, 0.25) is 5.02 Å². The highest BCUT2D eigenvalue weighted by atomic mass is 35.5. The van der Waals surface area contributed by atoms with Crippen LogP contribution in [0.25, 0.3) is 27.7 Å². The van der Waals surface area contributed by atoms with Gasteiger partial charge in [-0.05, 0) is 43.5 Å². The topological polar surface area (TPSA) is 71.3 Å². The number of hydrogen-bond donors (Lipinski definition) is 0. The van der Waals surface area contributed by atoms with Crippen LogP contribution in [0.5, 0.6) is 0 Å². The number of piperazine rings is 1. The van der Waals surface area contributed by atoms with Crippen LogP contribution in [-0.4, -0.2) is 56.3 Å². The molecule has 1 amide bonds. The molecule has 1 saturated heterocycles. The Morgan fingerprint density at radius 1 is 1.21 bits per heavy atom. The predicted octanol–water partition coefficient (Wildman–Crippen LogP) is 6.51. The fraction of sp³-hybridized carbons (Fsp3) is 0.312. The van der Waals surface area contributed by atoms with Gasteiger partial charge >= 0.3 is 5.69 Å². The molecule has 6 rings (SSSR count). The molecule has 4 aromatic rings. The Balaban J connectivity index is 1.76. The molecule has 43 heavy (non-hydrogen) atoms. The van der Waals surface area contributed by atoms with E-state index in [2.05, 4.69) is 16.5 Å². The minimum atomic E-state index is -0.820. The van der Waals surface area contributed by atoms with Crippen molar-refractivity contribution in [1.82, 2.24) is 19.4 Å². The molecule has 4 heterocycles. The molecule has 2 aromatic carbocycles. The van der Waals surface area contributed by atoms with Crippen LogP contribution >= 0.6 is 23.4 Å². The summed E-state index contributed by atoms with van der Waals surface area (Å²) in [6.07, 6.45) is 2.95. The lowest BCUT2D eigenvalue weighted by Crippen LogP contribution is -2.60. The summed E-state index contributed by atoms with van der Waals surface area (Å²) in [6, 6.07) is 7.13. The Bertz CT molecular complexity index is 1880. The molecule has 2 atom stereocenters. The highest BCUT2D eigenvalue weighted by Crippen LogP contribution is 2.50. The molecular weight excluding hydrogens is 592 g/mol. The lowest BCUT2D eigenvalue weighted by Gasteiger charge is -2.45. The van der Waals surface area contributed by atoms with E-state index in [4.69, 9.17) is 11.6 Å². The number of anilines is 1. The number of nitrogens with zero attached hydrogens (tertiary/aromatic N) is 5. The van der Waals surface area contributed by atoms with Gasteiger partial charge in [-0.2, -0.15) is 4.98 Å². The van der Waals surface area contributed by atoms with E-state index in [-0.39, 0.29) is 45.6 Å². The summed E-state index contributed by atoms with van der Waals surface area (Å²) in [5, 5.41) is 0.426. The number of halogens is 3. The first kappa shape index (κ1) is 29.3. The van der Waals surface area contributed by atoms with Crippen LogP contribution in [-0.2, 0) is 4.79 Å². The quantitative estimate of drug-likeness (QED) is 0.242. The largest absolute Gasteiger partial charge is 0.354 e. The molecule has 1 fully saturated rings. The van der Waals surface area contributed by atoms with Crippen molar-refractivity contribution in [3.8, 4) is 16.8 Å². The molecule has 0 N–H and O–H groups in total. The van der Waals surface area contributed by atoms with Gasteiger partial charge in [-0.15, -0.1) is 11.8 Å². The Kier molecular flexibility index (Phi) is 7.54. The third-order valence-electron chi connectivity index (χ3n) is 8.15. The van der Waals surface area contributed by atoms with E-state index in [9.17, 15) is 9.59 Å². The molecule has 0 saturated carbocycles. The van der Waals surface area contributed by atoms with Crippen molar-refractivity contribution < 1.29 is 13.6 Å². The molecule has 0 aliphatic carbocycles. The second-order valence-electron chi connectivity index (χ2n) is 11.3. The average Bonchev–Trinajstić information content (AvgIpc) is 3.13. The van der Waals surface area contributed by atoms with E-state index in [1.165, 1.54) is 40.6 Å². The minimum absolute atomic E-state index is 0.00815. The Morgan fingerprint density at radius 2 is 1.95 bits per heavy atom. The van der Waals surface area contributed by atoms with E-state index < -0.39 is 17.3 Å². The number of carbonyl (C=O) groups is 1. The first-order chi connectivity index (χ1) is 20.5. The van der Waals surface area contributed by atoms with Crippen LogP contribution in [0.1, 0.15) is 37.9 Å². The zero-order valence-corrected chi connectivity index (χ0v) is 25.8. The summed E-state index contributed by atoms with van der Waals surface area (Å²) in [6.45, 7) is 12.0. The number of pyridine rings is 1. The predicted molar refractivity (Wildman–Crippen MR) is 168 cm³/mol. The molecule has 7 nitrogen and oxygen atoms in total. The number of fused-ring (bicyclic) bond motifs is 2. The smallest absolute Gasteiger partial charge is 0.346 e. The number of benzene rings is 2. The summed E-state index contributed by atoms with van der Waals surface area (Å²) in [5.74, 6) is -0.974. The second-order valence-corrected chi connectivity index (χ2v) is 12.7. The minimum Gasteiger partial charge on any atom is -0.346 e. The first-order valence-electron chi connectivity index (χ1n) is 14.1. The zero-order chi connectivity index (χ0) is 30.7. The van der Waals surface area contributed by atoms with Crippen molar-refractivity contribution in [2.24, 2.45) is 0 Å². The fourth-order valence-corrected chi connectivity index (χ4v) is 7.90. The van der Waals surface area contributed by atoms with Crippen LogP contribution in [0, 0.1) is 18.6 Å². The maximum atomic E-state index is 17.2. The number of amides is 1.